The van der Waals surface area contributed by atoms with Crippen LogP contribution in [0.25, 0.3) is 0 Å². The molecule has 0 radical (unpaired) electrons. The first-order chi connectivity index (χ1) is 10.5. The first-order valence-corrected chi connectivity index (χ1v) is 7.16. The molecule has 2 heterocycles. The van der Waals surface area contributed by atoms with Gasteiger partial charge in [-0.05, 0) is 30.2 Å². The smallest absolute Gasteiger partial charge is 0.261 e. The van der Waals surface area contributed by atoms with Gasteiger partial charge in [0, 0.05) is 17.4 Å². The second kappa shape index (κ2) is 5.35. The molecule has 0 spiro atoms. The predicted molar refractivity (Wildman–Crippen MR) is 81.5 cm³/mol. The fourth-order valence-electron chi connectivity index (χ4n) is 2.64. The Hall–Kier alpha value is -2.53. The first-order valence-electron chi connectivity index (χ1n) is 7.16. The van der Waals surface area contributed by atoms with Crippen LogP contribution in [-0.2, 0) is 16.8 Å². The predicted octanol–water partition coefficient (Wildman–Crippen LogP) is 2.06. The number of nitrogens with one attached hydrogen (secondary N) is 1. The molecule has 112 valence electrons. The molecule has 1 aromatic carbocycles. The van der Waals surface area contributed by atoms with Gasteiger partial charge >= 0.3 is 0 Å². The van der Waals surface area contributed by atoms with Gasteiger partial charge in [0.15, 0.2) is 11.4 Å². The largest absolute Gasteiger partial charge is 0.375 e. The Balaban J connectivity index is 1.96. The van der Waals surface area contributed by atoms with E-state index in [-0.39, 0.29) is 17.9 Å². The number of ketones is 1. The summed E-state index contributed by atoms with van der Waals surface area (Å²) < 4.78 is 0. The van der Waals surface area contributed by atoms with E-state index in [1.54, 1.807) is 30.3 Å². The summed E-state index contributed by atoms with van der Waals surface area (Å²) in [6.45, 7) is 1.99. The van der Waals surface area contributed by atoms with Crippen LogP contribution in [0.1, 0.15) is 35.0 Å². The van der Waals surface area contributed by atoms with Crippen molar-refractivity contribution < 1.29 is 14.7 Å². The van der Waals surface area contributed by atoms with Crippen molar-refractivity contribution >= 4 is 17.4 Å². The van der Waals surface area contributed by atoms with Crippen LogP contribution in [0.3, 0.4) is 0 Å². The minimum absolute atomic E-state index is 0.240. The first kappa shape index (κ1) is 14.4. The highest BCUT2D eigenvalue weighted by Gasteiger charge is 2.47. The monoisotopic (exact) mass is 296 g/mol. The highest BCUT2D eigenvalue weighted by molar-refractivity contribution is 6.09. The van der Waals surface area contributed by atoms with Crippen molar-refractivity contribution in [1.82, 2.24) is 4.98 Å². The molecule has 0 bridgehead atoms. The van der Waals surface area contributed by atoms with E-state index in [0.717, 1.165) is 12.0 Å². The highest BCUT2D eigenvalue weighted by Crippen LogP contribution is 2.39. The SMILES string of the molecule is CCc1ccc2c(c1)[C@](O)(CC(=O)c1ccccn1)C(=O)N2. The van der Waals surface area contributed by atoms with Crippen LogP contribution >= 0.6 is 0 Å². The number of carbonyl (C=O) groups excluding carboxylic acids is 2. The standard InChI is InChI=1S/C17H16N2O3/c1-2-11-6-7-13-12(9-11)17(22,16(21)19-13)10-15(20)14-5-3-4-8-18-14/h3-9,22H,2,10H2,1H3,(H,19,21)/t17-/m1/s1. The number of amides is 1. The summed E-state index contributed by atoms with van der Waals surface area (Å²) in [7, 11) is 0. The number of aromatic nitrogens is 1. The van der Waals surface area contributed by atoms with E-state index in [0.29, 0.717) is 11.3 Å². The van der Waals surface area contributed by atoms with Gasteiger partial charge in [-0.1, -0.05) is 25.1 Å². The third-order valence-corrected chi connectivity index (χ3v) is 3.93. The number of rotatable bonds is 4. The zero-order chi connectivity index (χ0) is 15.7. The van der Waals surface area contributed by atoms with E-state index in [9.17, 15) is 14.7 Å². The quantitative estimate of drug-likeness (QED) is 0.846. The minimum Gasteiger partial charge on any atom is -0.375 e. The lowest BCUT2D eigenvalue weighted by Gasteiger charge is -2.20. The number of nitrogens with zero attached hydrogens (tertiary/aromatic N) is 1. The van der Waals surface area contributed by atoms with Crippen LogP contribution in [0, 0.1) is 0 Å². The van der Waals surface area contributed by atoms with Gasteiger partial charge < -0.3 is 10.4 Å². The molecule has 0 saturated carbocycles. The number of carbonyl (C=O) groups is 2. The maximum atomic E-state index is 12.3. The number of pyridine rings is 1. The van der Waals surface area contributed by atoms with Crippen molar-refractivity contribution in [1.29, 1.82) is 0 Å². The Bertz CT molecular complexity index is 743. The maximum Gasteiger partial charge on any atom is 0.261 e. The number of hydrogen-bond donors (Lipinski definition) is 2. The van der Waals surface area contributed by atoms with Crippen LogP contribution in [-0.4, -0.2) is 21.8 Å². The third kappa shape index (κ3) is 2.29. The summed E-state index contributed by atoms with van der Waals surface area (Å²) in [6, 6.07) is 10.4. The Morgan fingerprint density at radius 3 is 2.82 bits per heavy atom. The maximum absolute atomic E-state index is 12.3. The summed E-state index contributed by atoms with van der Waals surface area (Å²) >= 11 is 0. The lowest BCUT2D eigenvalue weighted by molar-refractivity contribution is -0.133. The van der Waals surface area contributed by atoms with Crippen LogP contribution in [0.5, 0.6) is 0 Å². The van der Waals surface area contributed by atoms with E-state index in [1.807, 2.05) is 13.0 Å². The topological polar surface area (TPSA) is 79.3 Å². The summed E-state index contributed by atoms with van der Waals surface area (Å²) in [4.78, 5) is 28.5. The molecule has 22 heavy (non-hydrogen) atoms. The zero-order valence-electron chi connectivity index (χ0n) is 12.2. The molecule has 0 saturated heterocycles. The van der Waals surface area contributed by atoms with Crippen LogP contribution in [0.15, 0.2) is 42.6 Å². The number of hydrogen-bond acceptors (Lipinski definition) is 4. The van der Waals surface area contributed by atoms with Crippen LogP contribution < -0.4 is 5.32 Å². The van der Waals surface area contributed by atoms with Crippen molar-refractivity contribution in [3.63, 3.8) is 0 Å². The van der Waals surface area contributed by atoms with Gasteiger partial charge in [0.05, 0.1) is 6.42 Å². The molecule has 5 nitrogen and oxygen atoms in total. The molecule has 1 aliphatic rings. The Morgan fingerprint density at radius 2 is 2.14 bits per heavy atom. The average molecular weight is 296 g/mol. The van der Waals surface area contributed by atoms with Crippen molar-refractivity contribution in [2.75, 3.05) is 5.32 Å². The van der Waals surface area contributed by atoms with Crippen molar-refractivity contribution in [2.45, 2.75) is 25.4 Å². The van der Waals surface area contributed by atoms with E-state index in [2.05, 4.69) is 10.3 Å². The van der Waals surface area contributed by atoms with E-state index >= 15 is 0 Å². The lowest BCUT2D eigenvalue weighted by atomic mass is 9.88. The minimum atomic E-state index is -1.84. The Labute approximate surface area is 128 Å². The molecule has 3 rings (SSSR count). The molecule has 0 aliphatic carbocycles. The highest BCUT2D eigenvalue weighted by atomic mass is 16.3. The number of Topliss-reactive ketones (excluding diaryl/α,β-unsaturated/α-hetero) is 1. The number of aliphatic hydroxyl groups is 1. The molecule has 1 aliphatic heterocycles. The molecule has 5 heteroatoms. The van der Waals surface area contributed by atoms with E-state index in [4.69, 9.17) is 0 Å². The summed E-state index contributed by atoms with van der Waals surface area (Å²) in [5.41, 5.74) is 0.414. The molecular formula is C17H16N2O3. The number of fused-ring (bicyclic) bond motifs is 1. The second-order valence-corrected chi connectivity index (χ2v) is 5.36. The summed E-state index contributed by atoms with van der Waals surface area (Å²) in [5, 5.41) is 13.4. The normalized spacial score (nSPS) is 19.6. The molecule has 2 N–H and O–H groups in total. The fourth-order valence-corrected chi connectivity index (χ4v) is 2.64. The molecule has 0 fully saturated rings. The number of benzene rings is 1. The van der Waals surface area contributed by atoms with Gasteiger partial charge in [-0.25, -0.2) is 0 Å². The molecule has 1 amide bonds. The van der Waals surface area contributed by atoms with Crippen molar-refractivity contribution in [3.05, 3.63) is 59.4 Å². The van der Waals surface area contributed by atoms with E-state index in [1.165, 1.54) is 6.20 Å². The van der Waals surface area contributed by atoms with Crippen LogP contribution in [0.2, 0.25) is 0 Å². The molecule has 2 aromatic rings. The van der Waals surface area contributed by atoms with Gasteiger partial charge in [0.2, 0.25) is 0 Å². The van der Waals surface area contributed by atoms with Gasteiger partial charge in [-0.3, -0.25) is 14.6 Å². The van der Waals surface area contributed by atoms with Gasteiger partial charge in [-0.2, -0.15) is 0 Å². The second-order valence-electron chi connectivity index (χ2n) is 5.36. The summed E-state index contributed by atoms with van der Waals surface area (Å²) in [5.74, 6) is -0.937. The average Bonchev–Trinajstić information content (AvgIpc) is 2.79. The van der Waals surface area contributed by atoms with Gasteiger partial charge in [0.1, 0.15) is 5.69 Å². The Kier molecular flexibility index (Phi) is 3.50. The fraction of sp³-hybridized carbons (Fsp3) is 0.235. The van der Waals surface area contributed by atoms with Gasteiger partial charge in [-0.15, -0.1) is 0 Å². The molecular weight excluding hydrogens is 280 g/mol. The number of anilines is 1. The summed E-state index contributed by atoms with van der Waals surface area (Å²) in [6.07, 6.45) is 1.97. The van der Waals surface area contributed by atoms with Crippen molar-refractivity contribution in [3.8, 4) is 0 Å². The lowest BCUT2D eigenvalue weighted by Crippen LogP contribution is -2.36. The third-order valence-electron chi connectivity index (χ3n) is 3.93. The zero-order valence-corrected chi connectivity index (χ0v) is 12.2. The van der Waals surface area contributed by atoms with E-state index < -0.39 is 11.5 Å². The van der Waals surface area contributed by atoms with Crippen molar-refractivity contribution in [2.24, 2.45) is 0 Å². The molecule has 0 unspecified atom stereocenters. The molecule has 1 atom stereocenters. The van der Waals surface area contributed by atoms with Crippen LogP contribution in [0.4, 0.5) is 5.69 Å². The van der Waals surface area contributed by atoms with Gasteiger partial charge in [0.25, 0.3) is 5.91 Å². The molecule has 1 aromatic heterocycles. The Morgan fingerprint density at radius 1 is 1.32 bits per heavy atom. The number of aryl methyl sites for hydroxylation is 1.